The van der Waals surface area contributed by atoms with Gasteiger partial charge in [-0.1, -0.05) is 28.1 Å². The van der Waals surface area contributed by atoms with Gasteiger partial charge in [0.15, 0.2) is 6.10 Å². The lowest BCUT2D eigenvalue weighted by atomic mass is 10.2. The maximum absolute atomic E-state index is 12.1. The van der Waals surface area contributed by atoms with Crippen LogP contribution >= 0.6 is 15.9 Å². The minimum absolute atomic E-state index is 0.381. The van der Waals surface area contributed by atoms with Gasteiger partial charge in [-0.3, -0.25) is 20.4 Å². The van der Waals surface area contributed by atoms with Crippen molar-refractivity contribution in [2.24, 2.45) is 0 Å². The van der Waals surface area contributed by atoms with Crippen molar-refractivity contribution in [3.63, 3.8) is 0 Å². The summed E-state index contributed by atoms with van der Waals surface area (Å²) in [6.45, 7) is 3.96. The van der Waals surface area contributed by atoms with E-state index in [1.54, 1.807) is 49.4 Å². The van der Waals surface area contributed by atoms with Gasteiger partial charge in [0.05, 0.1) is 6.61 Å². The van der Waals surface area contributed by atoms with E-state index in [0.29, 0.717) is 23.7 Å². The molecule has 2 amide bonds. The molecule has 2 N–H and O–H groups in total. The average Bonchev–Trinajstić information content (AvgIpc) is 2.60. The highest BCUT2D eigenvalue weighted by Crippen LogP contribution is 2.18. The third-order valence-corrected chi connectivity index (χ3v) is 3.68. The Labute approximate surface area is 154 Å². The molecule has 0 fully saturated rings. The molecular weight excluding hydrogens is 388 g/mol. The van der Waals surface area contributed by atoms with Crippen molar-refractivity contribution in [1.82, 2.24) is 10.9 Å². The number of benzene rings is 2. The predicted octanol–water partition coefficient (Wildman–Crippen LogP) is 3.08. The Bertz CT molecular complexity index is 751. The highest BCUT2D eigenvalue weighted by molar-refractivity contribution is 9.10. The molecule has 0 heterocycles. The first-order valence-electron chi connectivity index (χ1n) is 7.75. The largest absolute Gasteiger partial charge is 0.494 e. The molecular formula is C18H19BrN2O4. The Kier molecular flexibility index (Phi) is 6.82. The maximum Gasteiger partial charge on any atom is 0.279 e. The molecule has 1 unspecified atom stereocenters. The number of carbonyl (C=O) groups excluding carboxylic acids is 2. The summed E-state index contributed by atoms with van der Waals surface area (Å²) in [5.74, 6) is 0.236. The van der Waals surface area contributed by atoms with Crippen molar-refractivity contribution in [2.45, 2.75) is 20.0 Å². The summed E-state index contributed by atoms with van der Waals surface area (Å²) in [4.78, 5) is 24.2. The second kappa shape index (κ2) is 9.08. The number of hydrazine groups is 1. The molecule has 0 saturated heterocycles. The maximum atomic E-state index is 12.1. The van der Waals surface area contributed by atoms with Gasteiger partial charge in [-0.15, -0.1) is 0 Å². The predicted molar refractivity (Wildman–Crippen MR) is 97.5 cm³/mol. The van der Waals surface area contributed by atoms with E-state index in [-0.39, 0.29) is 0 Å². The Morgan fingerprint density at radius 3 is 2.52 bits per heavy atom. The molecule has 2 rings (SSSR count). The SMILES string of the molecule is CCOc1cccc(C(=O)NNC(=O)C(C)Oc2cccc(Br)c2)c1. The molecule has 6 nitrogen and oxygen atoms in total. The van der Waals surface area contributed by atoms with Crippen molar-refractivity contribution in [2.75, 3.05) is 6.61 Å². The molecule has 0 spiro atoms. The van der Waals surface area contributed by atoms with Crippen LogP contribution in [0.3, 0.4) is 0 Å². The van der Waals surface area contributed by atoms with Crippen molar-refractivity contribution >= 4 is 27.7 Å². The first-order chi connectivity index (χ1) is 12.0. The highest BCUT2D eigenvalue weighted by Gasteiger charge is 2.16. The fraction of sp³-hybridized carbons (Fsp3) is 0.222. The van der Waals surface area contributed by atoms with Crippen molar-refractivity contribution < 1.29 is 19.1 Å². The Hall–Kier alpha value is -2.54. The van der Waals surface area contributed by atoms with Crippen LogP contribution in [-0.2, 0) is 4.79 Å². The second-order valence-electron chi connectivity index (χ2n) is 5.12. The first kappa shape index (κ1) is 18.8. The fourth-order valence-electron chi connectivity index (χ4n) is 1.98. The van der Waals surface area contributed by atoms with Crippen LogP contribution in [0, 0.1) is 0 Å². The Morgan fingerprint density at radius 2 is 1.80 bits per heavy atom. The van der Waals surface area contributed by atoms with Gasteiger partial charge in [0.25, 0.3) is 11.8 Å². The van der Waals surface area contributed by atoms with E-state index in [4.69, 9.17) is 9.47 Å². The van der Waals surface area contributed by atoms with Gasteiger partial charge < -0.3 is 9.47 Å². The zero-order valence-corrected chi connectivity index (χ0v) is 15.5. The smallest absolute Gasteiger partial charge is 0.279 e. The number of ether oxygens (including phenoxy) is 2. The number of hydrogen-bond acceptors (Lipinski definition) is 4. The van der Waals surface area contributed by atoms with Gasteiger partial charge in [0.2, 0.25) is 0 Å². The Balaban J connectivity index is 1.88. The molecule has 1 atom stereocenters. The average molecular weight is 407 g/mol. The van der Waals surface area contributed by atoms with Crippen molar-refractivity contribution in [1.29, 1.82) is 0 Å². The third kappa shape index (κ3) is 5.79. The summed E-state index contributed by atoms with van der Waals surface area (Å²) < 4.78 is 11.7. The summed E-state index contributed by atoms with van der Waals surface area (Å²) in [6.07, 6.45) is -0.774. The number of halogens is 1. The fourth-order valence-corrected chi connectivity index (χ4v) is 2.36. The monoisotopic (exact) mass is 406 g/mol. The molecule has 0 radical (unpaired) electrons. The number of hydrogen-bond donors (Lipinski definition) is 2. The normalized spacial score (nSPS) is 11.3. The summed E-state index contributed by atoms with van der Waals surface area (Å²) in [6, 6.07) is 13.9. The standard InChI is InChI=1S/C18H19BrN2O4/c1-3-24-15-8-4-6-13(10-15)18(23)21-20-17(22)12(2)25-16-9-5-7-14(19)11-16/h4-12H,3H2,1-2H3,(H,20,22)(H,21,23). The van der Waals surface area contributed by atoms with E-state index in [1.807, 2.05) is 13.0 Å². The molecule has 2 aromatic carbocycles. The summed E-state index contributed by atoms with van der Waals surface area (Å²) in [7, 11) is 0. The molecule has 25 heavy (non-hydrogen) atoms. The lowest BCUT2D eigenvalue weighted by Gasteiger charge is -2.15. The quantitative estimate of drug-likeness (QED) is 0.722. The van der Waals surface area contributed by atoms with Crippen LogP contribution in [0.25, 0.3) is 0 Å². The molecule has 0 saturated carbocycles. The van der Waals surface area contributed by atoms with Crippen LogP contribution in [0.2, 0.25) is 0 Å². The molecule has 0 aromatic heterocycles. The van der Waals surface area contributed by atoms with Gasteiger partial charge >= 0.3 is 0 Å². The zero-order chi connectivity index (χ0) is 18.2. The second-order valence-corrected chi connectivity index (χ2v) is 6.04. The zero-order valence-electron chi connectivity index (χ0n) is 13.9. The first-order valence-corrected chi connectivity index (χ1v) is 8.54. The number of nitrogens with one attached hydrogen (secondary N) is 2. The van der Waals surface area contributed by atoms with Gasteiger partial charge in [0.1, 0.15) is 11.5 Å². The third-order valence-electron chi connectivity index (χ3n) is 3.18. The van der Waals surface area contributed by atoms with Crippen molar-refractivity contribution in [3.05, 3.63) is 58.6 Å². The molecule has 7 heteroatoms. The minimum atomic E-state index is -0.774. The molecule has 2 aromatic rings. The summed E-state index contributed by atoms with van der Waals surface area (Å²) in [5, 5.41) is 0. The van der Waals surface area contributed by atoms with Gasteiger partial charge in [-0.25, -0.2) is 0 Å². The lowest BCUT2D eigenvalue weighted by molar-refractivity contribution is -0.128. The van der Waals surface area contributed by atoms with E-state index >= 15 is 0 Å². The van der Waals surface area contributed by atoms with Gasteiger partial charge in [-0.2, -0.15) is 0 Å². The molecule has 0 bridgehead atoms. The topological polar surface area (TPSA) is 76.7 Å². The number of carbonyl (C=O) groups is 2. The van der Waals surface area contributed by atoms with E-state index in [0.717, 1.165) is 4.47 Å². The lowest BCUT2D eigenvalue weighted by Crippen LogP contribution is -2.47. The van der Waals surface area contributed by atoms with Gasteiger partial charge in [0, 0.05) is 10.0 Å². The van der Waals surface area contributed by atoms with Gasteiger partial charge in [-0.05, 0) is 50.2 Å². The minimum Gasteiger partial charge on any atom is -0.494 e. The number of rotatable bonds is 6. The summed E-state index contributed by atoms with van der Waals surface area (Å²) in [5.41, 5.74) is 5.10. The van der Waals surface area contributed by atoms with E-state index in [9.17, 15) is 9.59 Å². The van der Waals surface area contributed by atoms with Crippen LogP contribution < -0.4 is 20.3 Å². The molecule has 0 aliphatic carbocycles. The molecule has 0 aliphatic rings. The van der Waals surface area contributed by atoms with E-state index < -0.39 is 17.9 Å². The van der Waals surface area contributed by atoms with Crippen LogP contribution in [0.15, 0.2) is 53.0 Å². The highest BCUT2D eigenvalue weighted by atomic mass is 79.9. The van der Waals surface area contributed by atoms with E-state index in [1.165, 1.54) is 0 Å². The molecule has 132 valence electrons. The van der Waals surface area contributed by atoms with Crippen LogP contribution in [0.4, 0.5) is 0 Å². The number of amides is 2. The van der Waals surface area contributed by atoms with Crippen LogP contribution in [0.1, 0.15) is 24.2 Å². The Morgan fingerprint density at radius 1 is 1.08 bits per heavy atom. The van der Waals surface area contributed by atoms with E-state index in [2.05, 4.69) is 26.8 Å². The van der Waals surface area contributed by atoms with Crippen LogP contribution in [0.5, 0.6) is 11.5 Å². The van der Waals surface area contributed by atoms with Crippen molar-refractivity contribution in [3.8, 4) is 11.5 Å². The van der Waals surface area contributed by atoms with Crippen LogP contribution in [-0.4, -0.2) is 24.5 Å². The molecule has 0 aliphatic heterocycles. The summed E-state index contributed by atoms with van der Waals surface area (Å²) >= 11 is 3.33.